The molecule has 172 valence electrons. The van der Waals surface area contributed by atoms with E-state index in [0.29, 0.717) is 24.4 Å². The standard InChI is InChI=1S/C24H26N4O5/c1-32-17-5-3-16(4-6-17)28-23(30)21(27-24(28)31)9-10-22(29)25-12-11-15-14-26-20-8-7-18(33-2)13-19(15)20/h3-8,13-14,21,26H,9-12H2,1-2H3,(H,25,29)(H,27,31). The SMILES string of the molecule is COc1ccc(N2C(=O)NC(CCC(=O)NCCc3c[nH]c4ccc(OC)cc34)C2=O)cc1. The number of amides is 4. The van der Waals surface area contributed by atoms with Crippen molar-refractivity contribution < 1.29 is 23.9 Å². The highest BCUT2D eigenvalue weighted by atomic mass is 16.5. The van der Waals surface area contributed by atoms with Crippen molar-refractivity contribution in [3.63, 3.8) is 0 Å². The average molecular weight is 450 g/mol. The number of fused-ring (bicyclic) bond motifs is 1. The number of imide groups is 1. The Labute approximate surface area is 191 Å². The lowest BCUT2D eigenvalue weighted by Crippen LogP contribution is -2.33. The minimum Gasteiger partial charge on any atom is -0.497 e. The van der Waals surface area contributed by atoms with Gasteiger partial charge in [-0.1, -0.05) is 0 Å². The van der Waals surface area contributed by atoms with Crippen LogP contribution in [0.4, 0.5) is 10.5 Å². The fraction of sp³-hybridized carbons (Fsp3) is 0.292. The molecule has 0 aliphatic carbocycles. The normalized spacial score (nSPS) is 15.6. The predicted molar refractivity (Wildman–Crippen MR) is 124 cm³/mol. The maximum absolute atomic E-state index is 12.7. The second-order valence-corrected chi connectivity index (χ2v) is 7.74. The van der Waals surface area contributed by atoms with Gasteiger partial charge in [0.05, 0.1) is 19.9 Å². The zero-order valence-electron chi connectivity index (χ0n) is 18.5. The summed E-state index contributed by atoms with van der Waals surface area (Å²) >= 11 is 0. The van der Waals surface area contributed by atoms with E-state index in [1.165, 1.54) is 0 Å². The first-order valence-corrected chi connectivity index (χ1v) is 10.7. The molecule has 1 aliphatic heterocycles. The van der Waals surface area contributed by atoms with Gasteiger partial charge in [-0.25, -0.2) is 9.69 Å². The fourth-order valence-electron chi connectivity index (χ4n) is 3.89. The Bertz CT molecular complexity index is 1170. The lowest BCUT2D eigenvalue weighted by molar-refractivity contribution is -0.121. The molecule has 4 amide bonds. The second kappa shape index (κ2) is 9.64. The number of carbonyl (C=O) groups excluding carboxylic acids is 3. The molecule has 0 spiro atoms. The third-order valence-electron chi connectivity index (χ3n) is 5.70. The Morgan fingerprint density at radius 3 is 2.52 bits per heavy atom. The van der Waals surface area contributed by atoms with E-state index >= 15 is 0 Å². The molecular formula is C24H26N4O5. The number of urea groups is 1. The van der Waals surface area contributed by atoms with E-state index in [-0.39, 0.29) is 24.7 Å². The summed E-state index contributed by atoms with van der Waals surface area (Å²) in [5, 5.41) is 6.60. The molecule has 4 rings (SSSR count). The van der Waals surface area contributed by atoms with Crippen molar-refractivity contribution in [2.24, 2.45) is 0 Å². The van der Waals surface area contributed by atoms with Crippen molar-refractivity contribution in [1.29, 1.82) is 0 Å². The van der Waals surface area contributed by atoms with Gasteiger partial charge in [0, 0.05) is 30.1 Å². The van der Waals surface area contributed by atoms with Gasteiger partial charge in [0.1, 0.15) is 17.5 Å². The number of benzene rings is 2. The number of methoxy groups -OCH3 is 2. The van der Waals surface area contributed by atoms with Crippen LogP contribution in [0.3, 0.4) is 0 Å². The monoisotopic (exact) mass is 450 g/mol. The number of anilines is 1. The first-order valence-electron chi connectivity index (χ1n) is 10.7. The van der Waals surface area contributed by atoms with Gasteiger partial charge >= 0.3 is 6.03 Å². The zero-order valence-corrected chi connectivity index (χ0v) is 18.5. The van der Waals surface area contributed by atoms with Crippen LogP contribution >= 0.6 is 0 Å². The van der Waals surface area contributed by atoms with Gasteiger partial charge in [0.2, 0.25) is 5.91 Å². The molecule has 2 aromatic carbocycles. The molecule has 1 fully saturated rings. The van der Waals surface area contributed by atoms with Gasteiger partial charge in [0.15, 0.2) is 0 Å². The third kappa shape index (κ3) is 4.77. The lowest BCUT2D eigenvalue weighted by Gasteiger charge is -2.13. The topological polar surface area (TPSA) is 113 Å². The predicted octanol–water partition coefficient (Wildman–Crippen LogP) is 2.75. The van der Waals surface area contributed by atoms with E-state index in [1.807, 2.05) is 24.4 Å². The number of hydrogen-bond acceptors (Lipinski definition) is 5. The number of ether oxygens (including phenoxy) is 2. The van der Waals surface area contributed by atoms with Crippen LogP contribution < -0.4 is 25.0 Å². The fourth-order valence-corrected chi connectivity index (χ4v) is 3.89. The Morgan fingerprint density at radius 2 is 1.79 bits per heavy atom. The Kier molecular flexibility index (Phi) is 6.48. The summed E-state index contributed by atoms with van der Waals surface area (Å²) in [6, 6.07) is 11.2. The van der Waals surface area contributed by atoms with Crippen molar-refractivity contribution in [3.8, 4) is 11.5 Å². The summed E-state index contributed by atoms with van der Waals surface area (Å²) in [5.74, 6) is 0.869. The van der Waals surface area contributed by atoms with Crippen molar-refractivity contribution in [3.05, 3.63) is 54.2 Å². The van der Waals surface area contributed by atoms with Crippen LogP contribution in [0, 0.1) is 0 Å². The van der Waals surface area contributed by atoms with Crippen molar-refractivity contribution in [2.75, 3.05) is 25.7 Å². The van der Waals surface area contributed by atoms with Gasteiger partial charge < -0.3 is 25.1 Å². The zero-order chi connectivity index (χ0) is 23.4. The molecular weight excluding hydrogens is 424 g/mol. The molecule has 3 N–H and O–H groups in total. The quantitative estimate of drug-likeness (QED) is 0.434. The number of rotatable bonds is 9. The van der Waals surface area contributed by atoms with Crippen molar-refractivity contribution in [1.82, 2.24) is 15.6 Å². The largest absolute Gasteiger partial charge is 0.497 e. The number of nitrogens with zero attached hydrogens (tertiary/aromatic N) is 1. The maximum Gasteiger partial charge on any atom is 0.329 e. The van der Waals surface area contributed by atoms with Gasteiger partial charge in [-0.05, 0) is 60.9 Å². The Balaban J connectivity index is 1.27. The second-order valence-electron chi connectivity index (χ2n) is 7.74. The van der Waals surface area contributed by atoms with Crippen molar-refractivity contribution in [2.45, 2.75) is 25.3 Å². The number of aromatic nitrogens is 1. The highest BCUT2D eigenvalue weighted by Gasteiger charge is 2.38. The first-order chi connectivity index (χ1) is 16.0. The molecule has 1 unspecified atom stereocenters. The molecule has 3 aromatic rings. The van der Waals surface area contributed by atoms with Crippen LogP contribution in [0.2, 0.25) is 0 Å². The number of aromatic amines is 1. The van der Waals surface area contributed by atoms with E-state index in [0.717, 1.165) is 27.1 Å². The number of hydrogen-bond donors (Lipinski definition) is 3. The van der Waals surface area contributed by atoms with E-state index in [2.05, 4.69) is 15.6 Å². The van der Waals surface area contributed by atoms with Crippen LogP contribution in [0.15, 0.2) is 48.7 Å². The van der Waals surface area contributed by atoms with Gasteiger partial charge in [-0.3, -0.25) is 9.59 Å². The lowest BCUT2D eigenvalue weighted by atomic mass is 10.1. The number of carbonyl (C=O) groups is 3. The van der Waals surface area contributed by atoms with Gasteiger partial charge in [-0.2, -0.15) is 0 Å². The summed E-state index contributed by atoms with van der Waals surface area (Å²) in [7, 11) is 3.17. The maximum atomic E-state index is 12.7. The highest BCUT2D eigenvalue weighted by molar-refractivity contribution is 6.21. The molecule has 9 nitrogen and oxygen atoms in total. The highest BCUT2D eigenvalue weighted by Crippen LogP contribution is 2.25. The number of H-pyrrole nitrogens is 1. The average Bonchev–Trinajstić information content (AvgIpc) is 3.36. The smallest absolute Gasteiger partial charge is 0.329 e. The molecule has 9 heteroatoms. The summed E-state index contributed by atoms with van der Waals surface area (Å²) in [6.07, 6.45) is 2.95. The van der Waals surface area contributed by atoms with Crippen LogP contribution in [-0.2, 0) is 16.0 Å². The van der Waals surface area contributed by atoms with Crippen LogP contribution in [0.5, 0.6) is 11.5 Å². The van der Waals surface area contributed by atoms with Crippen LogP contribution in [0.1, 0.15) is 18.4 Å². The molecule has 0 radical (unpaired) electrons. The van der Waals surface area contributed by atoms with Crippen LogP contribution in [0.25, 0.3) is 10.9 Å². The molecule has 33 heavy (non-hydrogen) atoms. The molecule has 1 atom stereocenters. The minimum atomic E-state index is -0.730. The Hall–Kier alpha value is -4.01. The molecule has 0 saturated carbocycles. The molecule has 1 aliphatic rings. The summed E-state index contributed by atoms with van der Waals surface area (Å²) in [6.45, 7) is 0.464. The molecule has 2 heterocycles. The van der Waals surface area contributed by atoms with Crippen LogP contribution in [-0.4, -0.2) is 49.6 Å². The number of nitrogens with one attached hydrogen (secondary N) is 3. The van der Waals surface area contributed by atoms with E-state index in [9.17, 15) is 14.4 Å². The van der Waals surface area contributed by atoms with Gasteiger partial charge in [-0.15, -0.1) is 0 Å². The van der Waals surface area contributed by atoms with E-state index < -0.39 is 12.1 Å². The van der Waals surface area contributed by atoms with Crippen molar-refractivity contribution >= 4 is 34.4 Å². The minimum absolute atomic E-state index is 0.134. The molecule has 0 bridgehead atoms. The summed E-state index contributed by atoms with van der Waals surface area (Å²) < 4.78 is 10.4. The third-order valence-corrected chi connectivity index (χ3v) is 5.70. The molecule has 1 aromatic heterocycles. The summed E-state index contributed by atoms with van der Waals surface area (Å²) in [5.41, 5.74) is 2.55. The first kappa shape index (κ1) is 22.2. The van der Waals surface area contributed by atoms with E-state index in [1.54, 1.807) is 38.5 Å². The van der Waals surface area contributed by atoms with E-state index in [4.69, 9.17) is 9.47 Å². The van der Waals surface area contributed by atoms with Gasteiger partial charge in [0.25, 0.3) is 5.91 Å². The summed E-state index contributed by atoms with van der Waals surface area (Å²) in [4.78, 5) is 41.6. The Morgan fingerprint density at radius 1 is 1.06 bits per heavy atom. The molecule has 1 saturated heterocycles.